The molecule has 2 aromatic carbocycles. The topological polar surface area (TPSA) is 78.4 Å². The number of carbonyl (C=O) groups is 2. The molecule has 0 aliphatic carbocycles. The SMILES string of the molecule is CC[C@@H](NC(=O)Nc1ccc2cc(Br)ccc2c1)C(=O)O. The fourth-order valence-electron chi connectivity index (χ4n) is 1.96. The first kappa shape index (κ1) is 15.3. The summed E-state index contributed by atoms with van der Waals surface area (Å²) < 4.78 is 0.987. The van der Waals surface area contributed by atoms with Gasteiger partial charge < -0.3 is 15.7 Å². The van der Waals surface area contributed by atoms with Gasteiger partial charge in [0.25, 0.3) is 0 Å². The summed E-state index contributed by atoms with van der Waals surface area (Å²) >= 11 is 3.40. The van der Waals surface area contributed by atoms with Crippen LogP contribution < -0.4 is 10.6 Å². The van der Waals surface area contributed by atoms with Crippen molar-refractivity contribution in [2.75, 3.05) is 5.32 Å². The van der Waals surface area contributed by atoms with Crippen LogP contribution in [0.15, 0.2) is 40.9 Å². The van der Waals surface area contributed by atoms with Crippen LogP contribution in [0, 0.1) is 0 Å². The number of nitrogens with one attached hydrogen (secondary N) is 2. The molecule has 2 amide bonds. The Kier molecular flexibility index (Phi) is 4.80. The van der Waals surface area contributed by atoms with Crippen molar-refractivity contribution in [1.82, 2.24) is 5.32 Å². The predicted molar refractivity (Wildman–Crippen MR) is 85.5 cm³/mol. The van der Waals surface area contributed by atoms with Crippen molar-refractivity contribution < 1.29 is 14.7 Å². The monoisotopic (exact) mass is 350 g/mol. The number of rotatable bonds is 4. The fourth-order valence-corrected chi connectivity index (χ4v) is 2.34. The summed E-state index contributed by atoms with van der Waals surface area (Å²) in [7, 11) is 0. The molecular weight excluding hydrogens is 336 g/mol. The maximum atomic E-state index is 11.8. The quantitative estimate of drug-likeness (QED) is 0.788. The van der Waals surface area contributed by atoms with Gasteiger partial charge in [0.2, 0.25) is 0 Å². The highest BCUT2D eigenvalue weighted by Crippen LogP contribution is 2.22. The van der Waals surface area contributed by atoms with Crippen LogP contribution >= 0.6 is 15.9 Å². The number of carboxylic acids is 1. The number of benzene rings is 2. The second-order valence-corrected chi connectivity index (χ2v) is 5.52. The number of hydrogen-bond donors (Lipinski definition) is 3. The lowest BCUT2D eigenvalue weighted by atomic mass is 10.1. The number of halogens is 1. The van der Waals surface area contributed by atoms with E-state index in [9.17, 15) is 9.59 Å². The average molecular weight is 351 g/mol. The molecule has 3 N–H and O–H groups in total. The summed E-state index contributed by atoms with van der Waals surface area (Å²) in [5.41, 5.74) is 0.613. The fraction of sp³-hybridized carbons (Fsp3) is 0.200. The highest BCUT2D eigenvalue weighted by molar-refractivity contribution is 9.10. The minimum absolute atomic E-state index is 0.328. The van der Waals surface area contributed by atoms with Crippen molar-refractivity contribution in [3.63, 3.8) is 0 Å². The van der Waals surface area contributed by atoms with Gasteiger partial charge in [0.15, 0.2) is 0 Å². The molecular formula is C15H15BrN2O3. The third-order valence-corrected chi connectivity index (χ3v) is 3.57. The zero-order chi connectivity index (χ0) is 15.4. The Hall–Kier alpha value is -2.08. The second-order valence-electron chi connectivity index (χ2n) is 4.60. The summed E-state index contributed by atoms with van der Waals surface area (Å²) in [4.78, 5) is 22.7. The molecule has 0 heterocycles. The zero-order valence-electron chi connectivity index (χ0n) is 11.4. The van der Waals surface area contributed by atoms with Gasteiger partial charge in [-0.05, 0) is 41.5 Å². The highest BCUT2D eigenvalue weighted by Gasteiger charge is 2.17. The van der Waals surface area contributed by atoms with Crippen molar-refractivity contribution >= 4 is 44.4 Å². The molecule has 0 spiro atoms. The Bertz CT molecular complexity index is 688. The van der Waals surface area contributed by atoms with E-state index in [-0.39, 0.29) is 0 Å². The molecule has 0 radical (unpaired) electrons. The Morgan fingerprint density at radius 3 is 2.52 bits per heavy atom. The molecule has 0 saturated heterocycles. The Morgan fingerprint density at radius 2 is 1.86 bits per heavy atom. The standard InChI is InChI=1S/C15H15BrN2O3/c1-2-13(14(19)20)18-15(21)17-12-6-4-9-7-11(16)5-3-10(9)8-12/h3-8,13H,2H2,1H3,(H,19,20)(H2,17,18,21)/t13-/m1/s1. The zero-order valence-corrected chi connectivity index (χ0v) is 13.0. The lowest BCUT2D eigenvalue weighted by Gasteiger charge is -2.13. The molecule has 5 nitrogen and oxygen atoms in total. The second kappa shape index (κ2) is 6.58. The largest absolute Gasteiger partial charge is 0.480 e. The first-order valence-corrected chi connectivity index (χ1v) is 7.28. The van der Waals surface area contributed by atoms with E-state index >= 15 is 0 Å². The number of carboxylic acid groups (broad SMARTS) is 1. The van der Waals surface area contributed by atoms with Crippen LogP contribution in [0.3, 0.4) is 0 Å². The van der Waals surface area contributed by atoms with Gasteiger partial charge in [0.05, 0.1) is 0 Å². The number of aliphatic carboxylic acids is 1. The van der Waals surface area contributed by atoms with E-state index in [2.05, 4.69) is 26.6 Å². The molecule has 0 bridgehead atoms. The van der Waals surface area contributed by atoms with Crippen molar-refractivity contribution in [2.24, 2.45) is 0 Å². The number of hydrogen-bond acceptors (Lipinski definition) is 2. The van der Waals surface area contributed by atoms with Crippen LogP contribution in [0.5, 0.6) is 0 Å². The smallest absolute Gasteiger partial charge is 0.326 e. The molecule has 0 aliphatic heterocycles. The van der Waals surface area contributed by atoms with E-state index in [0.29, 0.717) is 12.1 Å². The van der Waals surface area contributed by atoms with Crippen LogP contribution in [0.1, 0.15) is 13.3 Å². The van der Waals surface area contributed by atoms with Crippen LogP contribution in [0.25, 0.3) is 10.8 Å². The van der Waals surface area contributed by atoms with Gasteiger partial charge in [0.1, 0.15) is 6.04 Å². The van der Waals surface area contributed by atoms with E-state index in [1.165, 1.54) is 0 Å². The minimum Gasteiger partial charge on any atom is -0.480 e. The third-order valence-electron chi connectivity index (χ3n) is 3.07. The van der Waals surface area contributed by atoms with Crippen molar-refractivity contribution in [1.29, 1.82) is 0 Å². The number of urea groups is 1. The van der Waals surface area contributed by atoms with E-state index in [1.54, 1.807) is 13.0 Å². The summed E-state index contributed by atoms with van der Waals surface area (Å²) in [6.45, 7) is 1.70. The number of fused-ring (bicyclic) bond motifs is 1. The molecule has 110 valence electrons. The number of carbonyl (C=O) groups excluding carboxylic acids is 1. The number of anilines is 1. The van der Waals surface area contributed by atoms with Gasteiger partial charge >= 0.3 is 12.0 Å². The maximum absolute atomic E-state index is 11.8. The molecule has 6 heteroatoms. The summed E-state index contributed by atoms with van der Waals surface area (Å²) in [6.07, 6.45) is 0.328. The first-order chi connectivity index (χ1) is 9.99. The molecule has 0 unspecified atom stereocenters. The summed E-state index contributed by atoms with van der Waals surface area (Å²) in [5.74, 6) is -1.05. The van der Waals surface area contributed by atoms with E-state index in [0.717, 1.165) is 15.2 Å². The molecule has 0 aliphatic rings. The molecule has 2 aromatic rings. The van der Waals surface area contributed by atoms with Gasteiger partial charge in [-0.15, -0.1) is 0 Å². The normalized spacial score (nSPS) is 11.9. The van der Waals surface area contributed by atoms with E-state index in [1.807, 2.05) is 30.3 Å². The van der Waals surface area contributed by atoms with Crippen LogP contribution in [-0.4, -0.2) is 23.1 Å². The Balaban J connectivity index is 2.10. The van der Waals surface area contributed by atoms with Gasteiger partial charge in [-0.3, -0.25) is 0 Å². The van der Waals surface area contributed by atoms with Gasteiger partial charge in [-0.1, -0.05) is 35.0 Å². The average Bonchev–Trinajstić information content (AvgIpc) is 2.44. The molecule has 0 fully saturated rings. The van der Waals surface area contributed by atoms with Crippen LogP contribution in [-0.2, 0) is 4.79 Å². The highest BCUT2D eigenvalue weighted by atomic mass is 79.9. The summed E-state index contributed by atoms with van der Waals surface area (Å²) in [6, 6.07) is 9.93. The van der Waals surface area contributed by atoms with E-state index in [4.69, 9.17) is 5.11 Å². The van der Waals surface area contributed by atoms with Crippen LogP contribution in [0.4, 0.5) is 10.5 Å². The first-order valence-electron chi connectivity index (χ1n) is 6.49. The Morgan fingerprint density at radius 1 is 1.19 bits per heavy atom. The maximum Gasteiger partial charge on any atom is 0.326 e. The van der Waals surface area contributed by atoms with Crippen molar-refractivity contribution in [3.05, 3.63) is 40.9 Å². The van der Waals surface area contributed by atoms with Gasteiger partial charge in [0, 0.05) is 10.2 Å². The third kappa shape index (κ3) is 3.95. The van der Waals surface area contributed by atoms with Gasteiger partial charge in [-0.25, -0.2) is 9.59 Å². The lowest BCUT2D eigenvalue weighted by Crippen LogP contribution is -2.42. The summed E-state index contributed by atoms with van der Waals surface area (Å²) in [5, 5.41) is 16.0. The molecule has 21 heavy (non-hydrogen) atoms. The minimum atomic E-state index is -1.05. The van der Waals surface area contributed by atoms with Crippen molar-refractivity contribution in [2.45, 2.75) is 19.4 Å². The molecule has 0 saturated carbocycles. The molecule has 0 aromatic heterocycles. The van der Waals surface area contributed by atoms with E-state index < -0.39 is 18.0 Å². The molecule has 1 atom stereocenters. The lowest BCUT2D eigenvalue weighted by molar-refractivity contribution is -0.139. The van der Waals surface area contributed by atoms with Crippen molar-refractivity contribution in [3.8, 4) is 0 Å². The molecule has 2 rings (SSSR count). The predicted octanol–water partition coefficient (Wildman–Crippen LogP) is 3.59. The van der Waals surface area contributed by atoms with Gasteiger partial charge in [-0.2, -0.15) is 0 Å². The van der Waals surface area contributed by atoms with Crippen LogP contribution in [0.2, 0.25) is 0 Å². The Labute approximate surface area is 130 Å². The number of amides is 2.